The summed E-state index contributed by atoms with van der Waals surface area (Å²) < 4.78 is 17.5. The second kappa shape index (κ2) is 8.41. The number of ether oxygens (including phenoxy) is 2. The molecule has 0 atom stereocenters. The molecule has 0 aliphatic carbocycles. The van der Waals surface area contributed by atoms with Crippen molar-refractivity contribution in [2.24, 2.45) is 0 Å². The summed E-state index contributed by atoms with van der Waals surface area (Å²) in [5.74, 6) is 1.37. The van der Waals surface area contributed by atoms with Crippen molar-refractivity contribution in [3.05, 3.63) is 46.6 Å². The molecule has 0 fully saturated rings. The molecule has 6 heteroatoms. The molecule has 0 aliphatic heterocycles. The van der Waals surface area contributed by atoms with Crippen LogP contribution in [0, 0.1) is 0 Å². The van der Waals surface area contributed by atoms with Crippen LogP contribution in [0.4, 0.5) is 0 Å². The zero-order valence-electron chi connectivity index (χ0n) is 16.3. The smallest absolute Gasteiger partial charge is 0.200 e. The molecule has 144 valence electrons. The van der Waals surface area contributed by atoms with E-state index in [0.717, 1.165) is 13.1 Å². The van der Waals surface area contributed by atoms with Crippen LogP contribution in [0.25, 0.3) is 21.9 Å². The second-order valence-electron chi connectivity index (χ2n) is 7.05. The van der Waals surface area contributed by atoms with E-state index < -0.39 is 0 Å². The van der Waals surface area contributed by atoms with Crippen molar-refractivity contribution < 1.29 is 13.9 Å². The number of rotatable bonds is 8. The molecule has 0 saturated heterocycles. The van der Waals surface area contributed by atoms with Crippen LogP contribution in [0.2, 0.25) is 0 Å². The van der Waals surface area contributed by atoms with Crippen LogP contribution in [0.1, 0.15) is 0 Å². The van der Waals surface area contributed by atoms with Gasteiger partial charge in [0.2, 0.25) is 5.43 Å². The van der Waals surface area contributed by atoms with Gasteiger partial charge < -0.3 is 23.7 Å². The Balaban J connectivity index is 1.89. The molecule has 0 spiro atoms. The van der Waals surface area contributed by atoms with Gasteiger partial charge in [0.1, 0.15) is 35.9 Å². The SMILES string of the molecule is CN(C)CCOc1ccc2c(=O)c3ccc(OCCN(C)C)cc3oc2c1. The fourth-order valence-electron chi connectivity index (χ4n) is 2.68. The van der Waals surface area contributed by atoms with E-state index in [0.29, 0.717) is 46.7 Å². The zero-order chi connectivity index (χ0) is 19.4. The first-order valence-electron chi connectivity index (χ1n) is 9.00. The van der Waals surface area contributed by atoms with Crippen LogP contribution in [0.5, 0.6) is 11.5 Å². The lowest BCUT2D eigenvalue weighted by Gasteiger charge is -2.12. The van der Waals surface area contributed by atoms with E-state index in [2.05, 4.69) is 0 Å². The quantitative estimate of drug-likeness (QED) is 0.569. The molecule has 0 amide bonds. The maximum absolute atomic E-state index is 12.8. The van der Waals surface area contributed by atoms with Gasteiger partial charge in [0.05, 0.1) is 10.8 Å². The molecule has 2 aromatic carbocycles. The molecule has 3 aromatic rings. The normalized spacial score (nSPS) is 11.6. The number of nitrogens with zero attached hydrogens (tertiary/aromatic N) is 2. The molecule has 6 nitrogen and oxygen atoms in total. The van der Waals surface area contributed by atoms with Crippen molar-refractivity contribution in [3.63, 3.8) is 0 Å². The fraction of sp³-hybridized carbons (Fsp3) is 0.381. The fourth-order valence-corrected chi connectivity index (χ4v) is 2.68. The monoisotopic (exact) mass is 370 g/mol. The van der Waals surface area contributed by atoms with Gasteiger partial charge in [0.15, 0.2) is 0 Å². The Morgan fingerprint density at radius 3 is 1.63 bits per heavy atom. The molecule has 0 unspecified atom stereocenters. The standard InChI is InChI=1S/C21H26N2O4/c1-22(2)9-11-25-15-5-7-17-19(13-15)27-20-14-16(26-12-10-23(3)4)6-8-18(20)21(17)24/h5-8,13-14H,9-12H2,1-4H3. The highest BCUT2D eigenvalue weighted by molar-refractivity contribution is 5.90. The predicted molar refractivity (Wildman–Crippen MR) is 108 cm³/mol. The Hall–Kier alpha value is -2.57. The molecule has 0 N–H and O–H groups in total. The molecule has 27 heavy (non-hydrogen) atoms. The number of hydrogen-bond donors (Lipinski definition) is 0. The number of likely N-dealkylation sites (N-methyl/N-ethyl adjacent to an activating group) is 2. The van der Waals surface area contributed by atoms with Crippen LogP contribution in [0.15, 0.2) is 45.6 Å². The Kier molecular flexibility index (Phi) is 5.98. The summed E-state index contributed by atoms with van der Waals surface area (Å²) in [5, 5.41) is 1.09. The van der Waals surface area contributed by atoms with E-state index in [1.165, 1.54) is 0 Å². The maximum atomic E-state index is 12.8. The van der Waals surface area contributed by atoms with E-state index >= 15 is 0 Å². The lowest BCUT2D eigenvalue weighted by molar-refractivity contribution is 0.261. The summed E-state index contributed by atoms with van der Waals surface area (Å²) in [4.78, 5) is 16.9. The highest BCUT2D eigenvalue weighted by Gasteiger charge is 2.10. The van der Waals surface area contributed by atoms with Crippen LogP contribution >= 0.6 is 0 Å². The van der Waals surface area contributed by atoms with Gasteiger partial charge in [-0.2, -0.15) is 0 Å². The van der Waals surface area contributed by atoms with Gasteiger partial charge in [-0.3, -0.25) is 4.79 Å². The Morgan fingerprint density at radius 1 is 0.778 bits per heavy atom. The number of fused-ring (bicyclic) bond motifs is 2. The molecule has 0 saturated carbocycles. The van der Waals surface area contributed by atoms with E-state index in [1.54, 1.807) is 36.4 Å². The molecule has 1 heterocycles. The van der Waals surface area contributed by atoms with Crippen LogP contribution in [-0.2, 0) is 0 Å². The largest absolute Gasteiger partial charge is 0.492 e. The van der Waals surface area contributed by atoms with Crippen molar-refractivity contribution in [2.45, 2.75) is 0 Å². The van der Waals surface area contributed by atoms with Gasteiger partial charge in [0, 0.05) is 25.2 Å². The van der Waals surface area contributed by atoms with Gasteiger partial charge in [-0.05, 0) is 52.5 Å². The third-order valence-corrected chi connectivity index (χ3v) is 4.23. The molecular formula is C21H26N2O4. The maximum Gasteiger partial charge on any atom is 0.200 e. The van der Waals surface area contributed by atoms with Crippen molar-refractivity contribution in [1.82, 2.24) is 9.80 Å². The molecule has 0 aliphatic rings. The number of benzene rings is 2. The summed E-state index contributed by atoms with van der Waals surface area (Å²) in [5.41, 5.74) is 0.978. The summed E-state index contributed by atoms with van der Waals surface area (Å²) >= 11 is 0. The Bertz CT molecular complexity index is 904. The van der Waals surface area contributed by atoms with E-state index in [1.807, 2.05) is 38.0 Å². The minimum absolute atomic E-state index is 0.0501. The van der Waals surface area contributed by atoms with Crippen molar-refractivity contribution in [3.8, 4) is 11.5 Å². The van der Waals surface area contributed by atoms with E-state index in [4.69, 9.17) is 13.9 Å². The van der Waals surface area contributed by atoms with Gasteiger partial charge in [-0.25, -0.2) is 0 Å². The number of hydrogen-bond acceptors (Lipinski definition) is 6. The third kappa shape index (κ3) is 4.78. The average molecular weight is 370 g/mol. The molecule has 0 bridgehead atoms. The molecular weight excluding hydrogens is 344 g/mol. The predicted octanol–water partition coefficient (Wildman–Crippen LogP) is 2.83. The van der Waals surface area contributed by atoms with Gasteiger partial charge in [0.25, 0.3) is 0 Å². The lowest BCUT2D eigenvalue weighted by atomic mass is 10.1. The highest BCUT2D eigenvalue weighted by atomic mass is 16.5. The Morgan fingerprint density at radius 2 is 1.22 bits per heavy atom. The molecule has 0 radical (unpaired) electrons. The Labute approximate surface area is 158 Å². The second-order valence-corrected chi connectivity index (χ2v) is 7.05. The first-order chi connectivity index (χ1) is 12.9. The van der Waals surface area contributed by atoms with Crippen molar-refractivity contribution in [2.75, 3.05) is 54.5 Å². The average Bonchev–Trinajstić information content (AvgIpc) is 2.61. The summed E-state index contributed by atoms with van der Waals surface area (Å²) in [6, 6.07) is 10.7. The topological polar surface area (TPSA) is 55.1 Å². The summed E-state index contributed by atoms with van der Waals surface area (Å²) in [6.07, 6.45) is 0. The van der Waals surface area contributed by atoms with Gasteiger partial charge in [-0.15, -0.1) is 0 Å². The first kappa shape index (κ1) is 19.2. The first-order valence-corrected chi connectivity index (χ1v) is 9.00. The summed E-state index contributed by atoms with van der Waals surface area (Å²) in [6.45, 7) is 2.76. The van der Waals surface area contributed by atoms with E-state index in [9.17, 15) is 4.79 Å². The molecule has 1 aromatic heterocycles. The van der Waals surface area contributed by atoms with E-state index in [-0.39, 0.29) is 5.43 Å². The zero-order valence-corrected chi connectivity index (χ0v) is 16.3. The minimum Gasteiger partial charge on any atom is -0.492 e. The summed E-state index contributed by atoms with van der Waals surface area (Å²) in [7, 11) is 7.97. The van der Waals surface area contributed by atoms with Crippen LogP contribution in [-0.4, -0.2) is 64.3 Å². The van der Waals surface area contributed by atoms with Crippen molar-refractivity contribution in [1.29, 1.82) is 0 Å². The van der Waals surface area contributed by atoms with Crippen LogP contribution in [0.3, 0.4) is 0 Å². The third-order valence-electron chi connectivity index (χ3n) is 4.23. The highest BCUT2D eigenvalue weighted by Crippen LogP contribution is 2.25. The van der Waals surface area contributed by atoms with Crippen molar-refractivity contribution >= 4 is 21.9 Å². The van der Waals surface area contributed by atoms with Crippen LogP contribution < -0.4 is 14.9 Å². The van der Waals surface area contributed by atoms with Gasteiger partial charge in [-0.1, -0.05) is 0 Å². The minimum atomic E-state index is -0.0501. The molecule has 3 rings (SSSR count). The lowest BCUT2D eigenvalue weighted by Crippen LogP contribution is -2.19. The van der Waals surface area contributed by atoms with Gasteiger partial charge >= 0.3 is 0 Å².